The molecule has 1 unspecified atom stereocenters. The van der Waals surface area contributed by atoms with Gasteiger partial charge >= 0.3 is 18.3 Å². The molecular weight excluding hydrogens is 354 g/mol. The molecule has 0 bridgehead atoms. The largest absolute Gasteiger partial charge is 0.479 e. The number of benzene rings is 2. The lowest BCUT2D eigenvalue weighted by Crippen LogP contribution is -2.17. The second-order valence-corrected chi connectivity index (χ2v) is 5.08. The van der Waals surface area contributed by atoms with Crippen LogP contribution >= 0.6 is 0 Å². The van der Waals surface area contributed by atoms with E-state index >= 15 is 0 Å². The van der Waals surface area contributed by atoms with E-state index in [0.29, 0.717) is 12.1 Å². The number of alkyl halides is 6. The summed E-state index contributed by atoms with van der Waals surface area (Å²) in [5, 5.41) is 18.1. The fraction of sp³-hybridized carbons (Fsp3) is 0.188. The van der Waals surface area contributed by atoms with Crippen LogP contribution in [0.1, 0.15) is 22.8 Å². The topological polar surface area (TPSA) is 57.5 Å². The van der Waals surface area contributed by atoms with E-state index in [4.69, 9.17) is 5.11 Å². The van der Waals surface area contributed by atoms with E-state index in [1.54, 1.807) is 0 Å². The van der Waals surface area contributed by atoms with Crippen LogP contribution in [0.4, 0.5) is 26.3 Å². The van der Waals surface area contributed by atoms with Gasteiger partial charge < -0.3 is 10.2 Å². The monoisotopic (exact) mass is 364 g/mol. The lowest BCUT2D eigenvalue weighted by Gasteiger charge is -2.18. The van der Waals surface area contributed by atoms with Gasteiger partial charge in [0.1, 0.15) is 0 Å². The highest BCUT2D eigenvalue weighted by Gasteiger charge is 2.38. The minimum absolute atomic E-state index is 0.395. The number of rotatable bonds is 3. The maximum Gasteiger partial charge on any atom is 0.417 e. The van der Waals surface area contributed by atoms with Gasteiger partial charge in [0.15, 0.2) is 6.10 Å². The number of carboxylic acid groups (broad SMARTS) is 1. The fourth-order valence-electron chi connectivity index (χ4n) is 2.32. The molecule has 0 aliphatic rings. The lowest BCUT2D eigenvalue weighted by molar-refractivity contribution is -0.149. The molecule has 0 amide bonds. The summed E-state index contributed by atoms with van der Waals surface area (Å²) in [5.41, 5.74) is -4.49. The van der Waals surface area contributed by atoms with Gasteiger partial charge in [-0.25, -0.2) is 4.79 Å². The van der Waals surface area contributed by atoms with Crippen LogP contribution in [-0.2, 0) is 17.1 Å². The Bertz CT molecular complexity index is 795. The summed E-state index contributed by atoms with van der Waals surface area (Å²) in [6.45, 7) is 0. The molecule has 0 spiro atoms. The summed E-state index contributed by atoms with van der Waals surface area (Å²) in [6.07, 6.45) is -12.3. The maximum absolute atomic E-state index is 13.2. The third-order valence-corrected chi connectivity index (χ3v) is 3.43. The van der Waals surface area contributed by atoms with Crippen LogP contribution in [0.3, 0.4) is 0 Å². The number of carbonyl (C=O) groups is 1. The van der Waals surface area contributed by atoms with Gasteiger partial charge in [0, 0.05) is 5.56 Å². The third-order valence-electron chi connectivity index (χ3n) is 3.43. The predicted molar refractivity (Wildman–Crippen MR) is 74.5 cm³/mol. The Morgan fingerprint density at radius 3 is 1.96 bits per heavy atom. The van der Waals surface area contributed by atoms with E-state index in [0.717, 1.165) is 24.3 Å². The summed E-state index contributed by atoms with van der Waals surface area (Å²) >= 11 is 0. The molecule has 2 N–H and O–H groups in total. The third kappa shape index (κ3) is 3.93. The zero-order valence-electron chi connectivity index (χ0n) is 12.2. The normalized spacial score (nSPS) is 13.6. The van der Waals surface area contributed by atoms with Crippen LogP contribution in [0.15, 0.2) is 42.5 Å². The number of aliphatic hydroxyl groups is 1. The number of aliphatic hydroxyl groups excluding tert-OH is 1. The summed E-state index contributed by atoms with van der Waals surface area (Å²) in [4.78, 5) is 10.8. The van der Waals surface area contributed by atoms with Crippen molar-refractivity contribution >= 4 is 5.97 Å². The second-order valence-electron chi connectivity index (χ2n) is 5.08. The summed E-state index contributed by atoms with van der Waals surface area (Å²) < 4.78 is 78.7. The van der Waals surface area contributed by atoms with Crippen LogP contribution in [0.5, 0.6) is 0 Å². The van der Waals surface area contributed by atoms with Crippen molar-refractivity contribution in [1.29, 1.82) is 0 Å². The van der Waals surface area contributed by atoms with Crippen LogP contribution < -0.4 is 0 Å². The number of hydrogen-bond donors (Lipinski definition) is 2. The highest BCUT2D eigenvalue weighted by molar-refractivity contribution is 5.76. The molecule has 0 aromatic heterocycles. The predicted octanol–water partition coefficient (Wildman–Crippen LogP) is 4.51. The molecule has 25 heavy (non-hydrogen) atoms. The molecule has 2 aromatic carbocycles. The average Bonchev–Trinajstić information content (AvgIpc) is 2.52. The Morgan fingerprint density at radius 2 is 1.44 bits per heavy atom. The molecule has 3 nitrogen and oxygen atoms in total. The van der Waals surface area contributed by atoms with E-state index in [1.807, 2.05) is 0 Å². The van der Waals surface area contributed by atoms with Gasteiger partial charge in [0.25, 0.3) is 0 Å². The van der Waals surface area contributed by atoms with Gasteiger partial charge in [0.2, 0.25) is 0 Å². The number of aliphatic carboxylic acids is 1. The molecule has 9 heteroatoms. The molecule has 0 fully saturated rings. The zero-order chi connectivity index (χ0) is 19.0. The molecule has 0 saturated carbocycles. The molecule has 1 atom stereocenters. The van der Waals surface area contributed by atoms with E-state index in [1.165, 1.54) is 6.07 Å². The van der Waals surface area contributed by atoms with Crippen LogP contribution in [-0.4, -0.2) is 16.2 Å². The highest BCUT2D eigenvalue weighted by atomic mass is 19.4. The van der Waals surface area contributed by atoms with Gasteiger partial charge in [-0.05, 0) is 23.3 Å². The van der Waals surface area contributed by atoms with E-state index in [-0.39, 0.29) is 0 Å². The van der Waals surface area contributed by atoms with Gasteiger partial charge in [0.05, 0.1) is 11.1 Å². The second kappa shape index (κ2) is 6.40. The van der Waals surface area contributed by atoms with Crippen molar-refractivity contribution < 1.29 is 41.4 Å². The Hall–Kier alpha value is -2.55. The fourth-order valence-corrected chi connectivity index (χ4v) is 2.32. The Labute approximate surface area is 137 Å². The smallest absolute Gasteiger partial charge is 0.417 e. The molecular formula is C16H10F6O3. The maximum atomic E-state index is 13.2. The van der Waals surface area contributed by atoms with Crippen molar-refractivity contribution in [3.8, 4) is 11.1 Å². The van der Waals surface area contributed by atoms with Crippen molar-refractivity contribution in [2.24, 2.45) is 0 Å². The van der Waals surface area contributed by atoms with Crippen molar-refractivity contribution in [2.75, 3.05) is 0 Å². The molecule has 2 aromatic rings. The summed E-state index contributed by atoms with van der Waals surface area (Å²) in [7, 11) is 0. The quantitative estimate of drug-likeness (QED) is 0.788. The summed E-state index contributed by atoms with van der Waals surface area (Å²) in [5.74, 6) is -1.91. The van der Waals surface area contributed by atoms with E-state index in [9.17, 15) is 36.2 Å². The van der Waals surface area contributed by atoms with E-state index in [2.05, 4.69) is 0 Å². The molecule has 0 aliphatic carbocycles. The molecule has 0 radical (unpaired) electrons. The minimum Gasteiger partial charge on any atom is -0.479 e. The SMILES string of the molecule is O=C(O)C(O)c1ccc(-c2ccccc2C(F)(F)F)cc1C(F)(F)F. The standard InChI is InChI=1S/C16H10F6O3/c17-15(18,19)11-4-2-1-3-9(11)8-5-6-10(13(23)14(24)25)12(7-8)16(20,21)22/h1-7,13,23H,(H,24,25). The first-order chi connectivity index (χ1) is 11.4. The van der Waals surface area contributed by atoms with E-state index < -0.39 is 52.2 Å². The molecule has 0 aliphatic heterocycles. The highest BCUT2D eigenvalue weighted by Crippen LogP contribution is 2.41. The first kappa shape index (κ1) is 18.8. The molecule has 134 valence electrons. The number of hydrogen-bond acceptors (Lipinski definition) is 2. The van der Waals surface area contributed by atoms with Crippen molar-refractivity contribution in [3.63, 3.8) is 0 Å². The van der Waals surface area contributed by atoms with Crippen LogP contribution in [0.25, 0.3) is 11.1 Å². The van der Waals surface area contributed by atoms with Crippen LogP contribution in [0.2, 0.25) is 0 Å². The minimum atomic E-state index is -5.06. The molecule has 0 heterocycles. The Morgan fingerprint density at radius 1 is 0.880 bits per heavy atom. The number of carboxylic acids is 1. The first-order valence-corrected chi connectivity index (χ1v) is 6.71. The Balaban J connectivity index is 2.69. The van der Waals surface area contributed by atoms with Crippen LogP contribution in [0, 0.1) is 0 Å². The Kier molecular flexibility index (Phi) is 4.81. The van der Waals surface area contributed by atoms with Gasteiger partial charge in [-0.15, -0.1) is 0 Å². The van der Waals surface area contributed by atoms with Crippen molar-refractivity contribution in [2.45, 2.75) is 18.5 Å². The summed E-state index contributed by atoms with van der Waals surface area (Å²) in [6, 6.07) is 6.02. The molecule has 2 rings (SSSR count). The zero-order valence-corrected chi connectivity index (χ0v) is 12.2. The number of halogens is 6. The van der Waals surface area contributed by atoms with Crippen molar-refractivity contribution in [3.05, 3.63) is 59.2 Å². The van der Waals surface area contributed by atoms with Crippen molar-refractivity contribution in [1.82, 2.24) is 0 Å². The van der Waals surface area contributed by atoms with Gasteiger partial charge in [-0.1, -0.05) is 30.3 Å². The lowest BCUT2D eigenvalue weighted by atomic mass is 9.93. The molecule has 0 saturated heterocycles. The first-order valence-electron chi connectivity index (χ1n) is 6.71. The van der Waals surface area contributed by atoms with Gasteiger partial charge in [-0.3, -0.25) is 0 Å². The van der Waals surface area contributed by atoms with Gasteiger partial charge in [-0.2, -0.15) is 26.3 Å². The average molecular weight is 364 g/mol.